The van der Waals surface area contributed by atoms with Crippen LogP contribution < -0.4 is 0 Å². The van der Waals surface area contributed by atoms with Crippen LogP contribution in [0.5, 0.6) is 0 Å². The molecule has 1 aromatic carbocycles. The fraction of sp³-hybridized carbons (Fsp3) is 0.312. The van der Waals surface area contributed by atoms with Crippen molar-refractivity contribution in [3.63, 3.8) is 0 Å². The molecule has 1 saturated carbocycles. The standard InChI is InChI=1S/C16H13ClOS/c17-13-8-7-12(19-13)16(18)15-11-6-5-9-3-1-2-4-10(9)14(11)15/h1-4,7-8,11,14-15H,5-6H2. The summed E-state index contributed by atoms with van der Waals surface area (Å²) in [5.74, 6) is 1.50. The molecule has 2 aliphatic rings. The Labute approximate surface area is 121 Å². The monoisotopic (exact) mass is 288 g/mol. The fourth-order valence-corrected chi connectivity index (χ4v) is 4.57. The van der Waals surface area contributed by atoms with Gasteiger partial charge in [-0.15, -0.1) is 11.3 Å². The molecular weight excluding hydrogens is 276 g/mol. The molecular formula is C16H13ClOS. The second-order valence-electron chi connectivity index (χ2n) is 5.42. The number of hydrogen-bond donors (Lipinski definition) is 0. The van der Waals surface area contributed by atoms with Gasteiger partial charge >= 0.3 is 0 Å². The first-order valence-corrected chi connectivity index (χ1v) is 7.82. The number of benzene rings is 1. The molecule has 3 heteroatoms. The van der Waals surface area contributed by atoms with Gasteiger partial charge in [-0.25, -0.2) is 0 Å². The molecule has 3 unspecified atom stereocenters. The zero-order chi connectivity index (χ0) is 13.0. The maximum absolute atomic E-state index is 12.5. The summed E-state index contributed by atoms with van der Waals surface area (Å²) in [7, 11) is 0. The van der Waals surface area contributed by atoms with Gasteiger partial charge in [0.1, 0.15) is 0 Å². The van der Waals surface area contributed by atoms with Crippen LogP contribution in [0.15, 0.2) is 36.4 Å². The number of Topliss-reactive ketones (excluding diaryl/α,β-unsaturated/α-hetero) is 1. The van der Waals surface area contributed by atoms with Crippen molar-refractivity contribution in [2.75, 3.05) is 0 Å². The van der Waals surface area contributed by atoms with Crippen LogP contribution in [0.3, 0.4) is 0 Å². The zero-order valence-corrected chi connectivity index (χ0v) is 11.9. The molecule has 96 valence electrons. The third kappa shape index (κ3) is 1.78. The predicted molar refractivity (Wildman–Crippen MR) is 78.1 cm³/mol. The number of carbonyl (C=O) groups is 1. The van der Waals surface area contributed by atoms with Crippen LogP contribution in [0.2, 0.25) is 4.34 Å². The maximum Gasteiger partial charge on any atom is 0.176 e. The molecule has 2 aromatic rings. The SMILES string of the molecule is O=C(c1ccc(Cl)s1)C1C2CCc3ccccc3C21. The van der Waals surface area contributed by atoms with E-state index in [0.717, 1.165) is 17.7 Å². The minimum absolute atomic E-state index is 0.193. The molecule has 0 spiro atoms. The van der Waals surface area contributed by atoms with Crippen molar-refractivity contribution in [1.82, 2.24) is 0 Å². The van der Waals surface area contributed by atoms with Crippen LogP contribution in [-0.4, -0.2) is 5.78 Å². The van der Waals surface area contributed by atoms with Gasteiger partial charge in [0.25, 0.3) is 0 Å². The molecule has 0 bridgehead atoms. The minimum atomic E-state index is 0.193. The Balaban J connectivity index is 1.65. The van der Waals surface area contributed by atoms with Crippen LogP contribution in [0, 0.1) is 11.8 Å². The highest BCUT2D eigenvalue weighted by molar-refractivity contribution is 7.18. The van der Waals surface area contributed by atoms with Gasteiger partial charge in [0, 0.05) is 5.92 Å². The van der Waals surface area contributed by atoms with E-state index in [1.165, 1.54) is 22.5 Å². The number of aryl methyl sites for hydroxylation is 1. The smallest absolute Gasteiger partial charge is 0.176 e. The highest BCUT2D eigenvalue weighted by Crippen LogP contribution is 2.61. The number of carbonyl (C=O) groups excluding carboxylic acids is 1. The Morgan fingerprint density at radius 1 is 1.21 bits per heavy atom. The van der Waals surface area contributed by atoms with Crippen molar-refractivity contribution < 1.29 is 4.79 Å². The Morgan fingerprint density at radius 3 is 2.84 bits per heavy atom. The first kappa shape index (κ1) is 11.7. The Hall–Kier alpha value is -1.12. The predicted octanol–water partition coefficient (Wildman–Crippen LogP) is 4.56. The van der Waals surface area contributed by atoms with Gasteiger partial charge in [0.15, 0.2) is 5.78 Å². The second-order valence-corrected chi connectivity index (χ2v) is 7.14. The van der Waals surface area contributed by atoms with E-state index >= 15 is 0 Å². The molecule has 1 aromatic heterocycles. The number of rotatable bonds is 2. The molecule has 0 N–H and O–H groups in total. The van der Waals surface area contributed by atoms with Gasteiger partial charge in [0.05, 0.1) is 9.21 Å². The molecule has 4 rings (SSSR count). The van der Waals surface area contributed by atoms with E-state index in [-0.39, 0.29) is 5.92 Å². The molecule has 2 aliphatic carbocycles. The lowest BCUT2D eigenvalue weighted by Gasteiger charge is -2.13. The molecule has 0 aliphatic heterocycles. The van der Waals surface area contributed by atoms with E-state index < -0.39 is 0 Å². The molecule has 1 fully saturated rings. The van der Waals surface area contributed by atoms with Gasteiger partial charge in [0.2, 0.25) is 0 Å². The van der Waals surface area contributed by atoms with Crippen molar-refractivity contribution in [1.29, 1.82) is 0 Å². The molecule has 0 amide bonds. The summed E-state index contributed by atoms with van der Waals surface area (Å²) in [5.41, 5.74) is 2.84. The molecule has 1 nitrogen and oxygen atoms in total. The Morgan fingerprint density at radius 2 is 2.05 bits per heavy atom. The highest BCUT2D eigenvalue weighted by atomic mass is 35.5. The average Bonchev–Trinajstić information content (AvgIpc) is 3.03. The van der Waals surface area contributed by atoms with Gasteiger partial charge in [-0.3, -0.25) is 4.79 Å². The van der Waals surface area contributed by atoms with E-state index in [0.29, 0.717) is 22.0 Å². The lowest BCUT2D eigenvalue weighted by Crippen LogP contribution is -2.01. The summed E-state index contributed by atoms with van der Waals surface area (Å²) in [5, 5.41) is 0. The second kappa shape index (κ2) is 4.19. The summed E-state index contributed by atoms with van der Waals surface area (Å²) >= 11 is 7.34. The number of halogens is 1. The van der Waals surface area contributed by atoms with Gasteiger partial charge < -0.3 is 0 Å². The number of hydrogen-bond acceptors (Lipinski definition) is 2. The quantitative estimate of drug-likeness (QED) is 0.740. The van der Waals surface area contributed by atoms with Gasteiger partial charge in [-0.2, -0.15) is 0 Å². The molecule has 1 heterocycles. The Kier molecular flexibility index (Phi) is 2.58. The van der Waals surface area contributed by atoms with Crippen LogP contribution >= 0.6 is 22.9 Å². The maximum atomic E-state index is 12.5. The van der Waals surface area contributed by atoms with Crippen LogP contribution in [-0.2, 0) is 6.42 Å². The third-order valence-corrected chi connectivity index (χ3v) is 5.69. The summed E-state index contributed by atoms with van der Waals surface area (Å²) in [6, 6.07) is 12.3. The molecule has 3 atom stereocenters. The van der Waals surface area contributed by atoms with E-state index in [1.807, 2.05) is 12.1 Å². The molecule has 0 radical (unpaired) electrons. The molecule has 19 heavy (non-hydrogen) atoms. The van der Waals surface area contributed by atoms with Crippen LogP contribution in [0.25, 0.3) is 0 Å². The van der Waals surface area contributed by atoms with E-state index in [2.05, 4.69) is 24.3 Å². The van der Waals surface area contributed by atoms with Gasteiger partial charge in [-0.1, -0.05) is 35.9 Å². The van der Waals surface area contributed by atoms with E-state index in [1.54, 1.807) is 0 Å². The lowest BCUT2D eigenvalue weighted by molar-refractivity contribution is 0.0963. The zero-order valence-electron chi connectivity index (χ0n) is 10.3. The number of ketones is 1. The summed E-state index contributed by atoms with van der Waals surface area (Å²) in [6.45, 7) is 0. The van der Waals surface area contributed by atoms with Crippen molar-refractivity contribution in [3.05, 3.63) is 56.7 Å². The summed E-state index contributed by atoms with van der Waals surface area (Å²) < 4.78 is 0.701. The van der Waals surface area contributed by atoms with Crippen molar-refractivity contribution in [2.45, 2.75) is 18.8 Å². The average molecular weight is 289 g/mol. The van der Waals surface area contributed by atoms with Gasteiger partial charge in [-0.05, 0) is 47.9 Å². The van der Waals surface area contributed by atoms with Crippen molar-refractivity contribution in [2.24, 2.45) is 11.8 Å². The lowest BCUT2D eigenvalue weighted by atomic mass is 9.92. The Bertz CT molecular complexity index is 660. The van der Waals surface area contributed by atoms with Crippen LogP contribution in [0.4, 0.5) is 0 Å². The normalized spacial score (nSPS) is 27.5. The summed E-state index contributed by atoms with van der Waals surface area (Å²) in [6.07, 6.45) is 2.27. The van der Waals surface area contributed by atoms with Crippen molar-refractivity contribution in [3.8, 4) is 0 Å². The van der Waals surface area contributed by atoms with Crippen molar-refractivity contribution >= 4 is 28.7 Å². The van der Waals surface area contributed by atoms with Crippen LogP contribution in [0.1, 0.15) is 33.1 Å². The highest BCUT2D eigenvalue weighted by Gasteiger charge is 2.56. The summed E-state index contributed by atoms with van der Waals surface area (Å²) in [4.78, 5) is 13.4. The van der Waals surface area contributed by atoms with E-state index in [9.17, 15) is 4.79 Å². The largest absolute Gasteiger partial charge is 0.293 e. The fourth-order valence-electron chi connectivity index (χ4n) is 3.53. The topological polar surface area (TPSA) is 17.1 Å². The first-order valence-electron chi connectivity index (χ1n) is 6.63. The third-order valence-electron chi connectivity index (χ3n) is 4.45. The number of fused-ring (bicyclic) bond motifs is 3. The number of thiophene rings is 1. The van der Waals surface area contributed by atoms with E-state index in [4.69, 9.17) is 11.6 Å². The first-order chi connectivity index (χ1) is 9.25. The minimum Gasteiger partial charge on any atom is -0.293 e. The molecule has 0 saturated heterocycles.